The van der Waals surface area contributed by atoms with Crippen LogP contribution < -0.4 is 0 Å². The lowest BCUT2D eigenvalue weighted by Gasteiger charge is -2.17. The molecule has 0 radical (unpaired) electrons. The lowest BCUT2D eigenvalue weighted by Crippen LogP contribution is -2.19. The summed E-state index contributed by atoms with van der Waals surface area (Å²) in [4.78, 5) is 3.72. The number of aromatic nitrogens is 1. The predicted molar refractivity (Wildman–Crippen MR) is 56.6 cm³/mol. The van der Waals surface area contributed by atoms with Crippen LogP contribution in [0, 0.1) is 11.3 Å². The summed E-state index contributed by atoms with van der Waals surface area (Å²) >= 11 is 5.62. The van der Waals surface area contributed by atoms with Crippen LogP contribution in [0.25, 0.3) is 0 Å². The zero-order valence-corrected chi connectivity index (χ0v) is 9.09. The third-order valence-corrected chi connectivity index (χ3v) is 2.41. The first kappa shape index (κ1) is 12.9. The van der Waals surface area contributed by atoms with Crippen molar-refractivity contribution in [2.24, 2.45) is 0 Å². The summed E-state index contributed by atoms with van der Waals surface area (Å²) in [7, 11) is 0. The Hall–Kier alpha value is -1.19. The highest BCUT2D eigenvalue weighted by atomic mass is 35.5. The number of aliphatic hydroxyl groups is 3. The largest absolute Gasteiger partial charge is 0.396 e. The van der Waals surface area contributed by atoms with Crippen LogP contribution in [0.5, 0.6) is 0 Å². The molecule has 0 spiro atoms. The minimum Gasteiger partial charge on any atom is -0.396 e. The van der Waals surface area contributed by atoms with E-state index >= 15 is 0 Å². The van der Waals surface area contributed by atoms with Crippen molar-refractivity contribution < 1.29 is 15.3 Å². The molecule has 0 fully saturated rings. The summed E-state index contributed by atoms with van der Waals surface area (Å²) < 4.78 is 0. The molecule has 6 heteroatoms. The molecule has 2 unspecified atom stereocenters. The summed E-state index contributed by atoms with van der Waals surface area (Å²) in [6.45, 7) is -0.232. The van der Waals surface area contributed by atoms with Crippen molar-refractivity contribution >= 4 is 11.6 Å². The van der Waals surface area contributed by atoms with E-state index < -0.39 is 12.2 Å². The maximum Gasteiger partial charge on any atom is 0.146 e. The van der Waals surface area contributed by atoms with Crippen molar-refractivity contribution in [1.29, 1.82) is 5.26 Å². The molecule has 5 nitrogen and oxygen atoms in total. The van der Waals surface area contributed by atoms with E-state index in [-0.39, 0.29) is 23.7 Å². The Balaban J connectivity index is 2.92. The average Bonchev–Trinajstić information content (AvgIpc) is 2.29. The first-order valence-electron chi connectivity index (χ1n) is 4.62. The monoisotopic (exact) mass is 242 g/mol. The number of hydrogen-bond donors (Lipinski definition) is 3. The SMILES string of the molecule is N#Cc1cc(C(O)C(O)CCO)cnc1Cl. The minimum absolute atomic E-state index is 0.0473. The van der Waals surface area contributed by atoms with Gasteiger partial charge in [-0.25, -0.2) is 4.98 Å². The molecular formula is C10H11ClN2O3. The summed E-state index contributed by atoms with van der Waals surface area (Å²) in [5.41, 5.74) is 0.427. The fraction of sp³-hybridized carbons (Fsp3) is 0.400. The molecule has 86 valence electrons. The first-order valence-corrected chi connectivity index (χ1v) is 5.00. The van der Waals surface area contributed by atoms with E-state index in [1.165, 1.54) is 12.3 Å². The Labute approximate surface area is 97.6 Å². The molecule has 0 aliphatic heterocycles. The van der Waals surface area contributed by atoms with E-state index in [2.05, 4.69) is 4.98 Å². The van der Waals surface area contributed by atoms with E-state index in [1.807, 2.05) is 6.07 Å². The van der Waals surface area contributed by atoms with Crippen LogP contribution in [0.2, 0.25) is 5.15 Å². The molecule has 3 N–H and O–H groups in total. The van der Waals surface area contributed by atoms with Crippen molar-refractivity contribution in [1.82, 2.24) is 4.98 Å². The van der Waals surface area contributed by atoms with Crippen LogP contribution in [-0.2, 0) is 0 Å². The highest BCUT2D eigenvalue weighted by molar-refractivity contribution is 6.30. The average molecular weight is 243 g/mol. The van der Waals surface area contributed by atoms with Crippen molar-refractivity contribution in [3.63, 3.8) is 0 Å². The summed E-state index contributed by atoms with van der Waals surface area (Å²) in [5.74, 6) is 0. The second kappa shape index (κ2) is 5.77. The number of hydrogen-bond acceptors (Lipinski definition) is 5. The molecule has 1 rings (SSSR count). The van der Waals surface area contributed by atoms with Gasteiger partial charge < -0.3 is 15.3 Å². The maximum atomic E-state index is 9.68. The van der Waals surface area contributed by atoms with Gasteiger partial charge in [0.1, 0.15) is 17.3 Å². The number of halogens is 1. The van der Waals surface area contributed by atoms with Crippen LogP contribution in [0.1, 0.15) is 23.7 Å². The van der Waals surface area contributed by atoms with Gasteiger partial charge >= 0.3 is 0 Å². The quantitative estimate of drug-likeness (QED) is 0.664. The van der Waals surface area contributed by atoms with Gasteiger partial charge in [-0.05, 0) is 12.5 Å². The van der Waals surface area contributed by atoms with Crippen molar-refractivity contribution in [3.05, 3.63) is 28.5 Å². The van der Waals surface area contributed by atoms with Crippen molar-refractivity contribution in [3.8, 4) is 6.07 Å². The second-order valence-corrected chi connectivity index (χ2v) is 3.60. The highest BCUT2D eigenvalue weighted by Gasteiger charge is 2.19. The van der Waals surface area contributed by atoms with Crippen LogP contribution in [0.15, 0.2) is 12.3 Å². The fourth-order valence-corrected chi connectivity index (χ4v) is 1.36. The van der Waals surface area contributed by atoms with E-state index in [4.69, 9.17) is 22.0 Å². The van der Waals surface area contributed by atoms with Gasteiger partial charge in [0.25, 0.3) is 0 Å². The molecule has 0 aliphatic carbocycles. The van der Waals surface area contributed by atoms with Crippen LogP contribution in [0.4, 0.5) is 0 Å². The Bertz CT molecular complexity index is 406. The van der Waals surface area contributed by atoms with E-state index in [0.717, 1.165) is 0 Å². The molecule has 0 aliphatic rings. The molecule has 1 aromatic rings. The van der Waals surface area contributed by atoms with E-state index in [0.29, 0.717) is 5.56 Å². The first-order chi connectivity index (χ1) is 7.60. The van der Waals surface area contributed by atoms with Gasteiger partial charge in [-0.2, -0.15) is 5.26 Å². The number of nitrogens with zero attached hydrogens (tertiary/aromatic N) is 2. The number of rotatable bonds is 4. The van der Waals surface area contributed by atoms with Crippen molar-refractivity contribution in [2.45, 2.75) is 18.6 Å². The highest BCUT2D eigenvalue weighted by Crippen LogP contribution is 2.21. The molecule has 0 saturated carbocycles. The minimum atomic E-state index is -1.19. The molecular weight excluding hydrogens is 232 g/mol. The normalized spacial score (nSPS) is 14.2. The zero-order valence-electron chi connectivity index (χ0n) is 8.34. The smallest absolute Gasteiger partial charge is 0.146 e. The number of nitriles is 1. The van der Waals surface area contributed by atoms with Crippen LogP contribution in [-0.4, -0.2) is 33.0 Å². The molecule has 1 aromatic heterocycles. The molecule has 1 heterocycles. The third kappa shape index (κ3) is 2.90. The third-order valence-electron chi connectivity index (χ3n) is 2.11. The Morgan fingerprint density at radius 3 is 2.75 bits per heavy atom. The summed E-state index contributed by atoms with van der Waals surface area (Å²) in [5, 5.41) is 36.5. The maximum absolute atomic E-state index is 9.68. The van der Waals surface area contributed by atoms with E-state index in [9.17, 15) is 10.2 Å². The second-order valence-electron chi connectivity index (χ2n) is 3.24. The van der Waals surface area contributed by atoms with Gasteiger partial charge in [-0.15, -0.1) is 0 Å². The zero-order chi connectivity index (χ0) is 12.1. The van der Waals surface area contributed by atoms with Gasteiger partial charge in [0.15, 0.2) is 0 Å². The molecule has 0 amide bonds. The van der Waals surface area contributed by atoms with Crippen LogP contribution >= 0.6 is 11.6 Å². The van der Waals surface area contributed by atoms with Crippen LogP contribution in [0.3, 0.4) is 0 Å². The van der Waals surface area contributed by atoms with Gasteiger partial charge in [0.05, 0.1) is 11.7 Å². The van der Waals surface area contributed by atoms with E-state index in [1.54, 1.807) is 0 Å². The molecule has 0 aromatic carbocycles. The lowest BCUT2D eigenvalue weighted by molar-refractivity contribution is 0.00403. The topological polar surface area (TPSA) is 97.4 Å². The van der Waals surface area contributed by atoms with Gasteiger partial charge in [0, 0.05) is 18.4 Å². The number of aliphatic hydroxyl groups excluding tert-OH is 3. The van der Waals surface area contributed by atoms with Crippen molar-refractivity contribution in [2.75, 3.05) is 6.61 Å². The summed E-state index contributed by atoms with van der Waals surface area (Å²) in [6, 6.07) is 3.19. The Morgan fingerprint density at radius 2 is 2.19 bits per heavy atom. The fourth-order valence-electron chi connectivity index (χ4n) is 1.22. The lowest BCUT2D eigenvalue weighted by atomic mass is 10.0. The predicted octanol–water partition coefficient (Wildman–Crippen LogP) is 0.383. The van der Waals surface area contributed by atoms with Gasteiger partial charge in [0.2, 0.25) is 0 Å². The molecule has 0 saturated heterocycles. The molecule has 2 atom stereocenters. The standard InChI is InChI=1S/C10H11ClN2O3/c11-10-6(4-12)3-7(5-13-10)9(16)8(15)1-2-14/h3,5,8-9,14-16H,1-2H2. The Morgan fingerprint density at radius 1 is 1.50 bits per heavy atom. The molecule has 16 heavy (non-hydrogen) atoms. The van der Waals surface area contributed by atoms with Gasteiger partial charge in [-0.1, -0.05) is 11.6 Å². The Kier molecular flexibility index (Phi) is 4.65. The summed E-state index contributed by atoms with van der Waals surface area (Å²) in [6.07, 6.45) is -0.955. The van der Waals surface area contributed by atoms with Gasteiger partial charge in [-0.3, -0.25) is 0 Å². The molecule has 0 bridgehead atoms. The number of pyridine rings is 1.